The third-order valence-corrected chi connectivity index (χ3v) is 3.88. The number of carboxylic acids is 2. The van der Waals surface area contributed by atoms with E-state index in [0.29, 0.717) is 12.8 Å². The standard InChI is InChI=1S/C11H14O5/c12-9-7(10(13)14)5-3-1-2-4-6(5)8(9)11(15)16/h5-8H,1-4H2,(H,13,14)(H,15,16). The zero-order valence-corrected chi connectivity index (χ0v) is 8.76. The number of carbonyl (C=O) groups is 3. The molecule has 0 aromatic heterocycles. The molecule has 88 valence electrons. The van der Waals surface area contributed by atoms with Gasteiger partial charge in [-0.25, -0.2) is 0 Å². The highest BCUT2D eigenvalue weighted by atomic mass is 16.4. The van der Waals surface area contributed by atoms with E-state index in [0.717, 1.165) is 12.8 Å². The first-order valence-electron chi connectivity index (χ1n) is 5.53. The fraction of sp³-hybridized carbons (Fsp3) is 0.727. The predicted molar refractivity (Wildman–Crippen MR) is 52.7 cm³/mol. The molecule has 0 amide bonds. The third kappa shape index (κ3) is 1.50. The van der Waals surface area contributed by atoms with Crippen molar-refractivity contribution in [3.63, 3.8) is 0 Å². The Kier molecular flexibility index (Phi) is 2.69. The van der Waals surface area contributed by atoms with E-state index in [4.69, 9.17) is 10.2 Å². The summed E-state index contributed by atoms with van der Waals surface area (Å²) in [6, 6.07) is 0. The van der Waals surface area contributed by atoms with Crippen molar-refractivity contribution in [2.75, 3.05) is 0 Å². The molecule has 2 fully saturated rings. The number of carbonyl (C=O) groups excluding carboxylic acids is 1. The Bertz CT molecular complexity index is 316. The van der Waals surface area contributed by atoms with Gasteiger partial charge in [-0.3, -0.25) is 14.4 Å². The first-order chi connectivity index (χ1) is 7.54. The highest BCUT2D eigenvalue weighted by Crippen LogP contribution is 2.47. The van der Waals surface area contributed by atoms with Crippen molar-refractivity contribution in [3.8, 4) is 0 Å². The van der Waals surface area contributed by atoms with E-state index in [2.05, 4.69) is 0 Å². The van der Waals surface area contributed by atoms with Crippen molar-refractivity contribution in [3.05, 3.63) is 0 Å². The summed E-state index contributed by atoms with van der Waals surface area (Å²) in [7, 11) is 0. The van der Waals surface area contributed by atoms with Gasteiger partial charge in [-0.1, -0.05) is 12.8 Å². The first-order valence-corrected chi connectivity index (χ1v) is 5.53. The number of carboxylic acid groups (broad SMARTS) is 2. The Labute approximate surface area is 92.5 Å². The minimum absolute atomic E-state index is 0.264. The van der Waals surface area contributed by atoms with E-state index in [1.807, 2.05) is 0 Å². The second-order valence-electron chi connectivity index (χ2n) is 4.65. The lowest BCUT2D eigenvalue weighted by molar-refractivity contribution is -0.149. The normalized spacial score (nSPS) is 38.1. The Morgan fingerprint density at radius 3 is 1.62 bits per heavy atom. The van der Waals surface area contributed by atoms with Crippen LogP contribution in [-0.4, -0.2) is 27.9 Å². The third-order valence-electron chi connectivity index (χ3n) is 3.88. The highest BCUT2D eigenvalue weighted by molar-refractivity contribution is 6.10. The number of ketones is 1. The molecule has 0 aromatic rings. The lowest BCUT2D eigenvalue weighted by Gasteiger charge is -2.27. The first kappa shape index (κ1) is 11.1. The number of hydrogen-bond acceptors (Lipinski definition) is 3. The van der Waals surface area contributed by atoms with Crippen LogP contribution in [0.15, 0.2) is 0 Å². The summed E-state index contributed by atoms with van der Waals surface area (Å²) >= 11 is 0. The van der Waals surface area contributed by atoms with Gasteiger partial charge in [0.15, 0.2) is 5.78 Å². The molecule has 0 bridgehead atoms. The van der Waals surface area contributed by atoms with Crippen LogP contribution < -0.4 is 0 Å². The molecule has 5 nitrogen and oxygen atoms in total. The van der Waals surface area contributed by atoms with Gasteiger partial charge in [0.2, 0.25) is 0 Å². The number of hydrogen-bond donors (Lipinski definition) is 2. The molecule has 0 saturated heterocycles. The summed E-state index contributed by atoms with van der Waals surface area (Å²) in [5.74, 6) is -5.63. The summed E-state index contributed by atoms with van der Waals surface area (Å²) < 4.78 is 0. The van der Waals surface area contributed by atoms with E-state index in [9.17, 15) is 14.4 Å². The molecule has 4 atom stereocenters. The number of Topliss-reactive ketones (excluding diaryl/α,β-unsaturated/α-hetero) is 1. The van der Waals surface area contributed by atoms with Crippen LogP contribution in [0.2, 0.25) is 0 Å². The summed E-state index contributed by atoms with van der Waals surface area (Å²) in [6.45, 7) is 0. The second-order valence-corrected chi connectivity index (χ2v) is 4.65. The van der Waals surface area contributed by atoms with Crippen molar-refractivity contribution in [2.45, 2.75) is 25.7 Å². The summed E-state index contributed by atoms with van der Waals surface area (Å²) in [5, 5.41) is 18.0. The summed E-state index contributed by atoms with van der Waals surface area (Å²) in [6.07, 6.45) is 3.11. The molecule has 0 aliphatic heterocycles. The maximum absolute atomic E-state index is 11.8. The predicted octanol–water partition coefficient (Wildman–Crippen LogP) is 0.777. The Morgan fingerprint density at radius 1 is 0.938 bits per heavy atom. The van der Waals surface area contributed by atoms with Crippen molar-refractivity contribution < 1.29 is 24.6 Å². The molecular weight excluding hydrogens is 212 g/mol. The summed E-state index contributed by atoms with van der Waals surface area (Å²) in [4.78, 5) is 33.8. The molecule has 5 heteroatoms. The van der Waals surface area contributed by atoms with E-state index < -0.39 is 29.6 Å². The molecule has 0 heterocycles. The van der Waals surface area contributed by atoms with Crippen LogP contribution in [0.1, 0.15) is 25.7 Å². The summed E-state index contributed by atoms with van der Waals surface area (Å²) in [5.41, 5.74) is 0. The average molecular weight is 226 g/mol. The second kappa shape index (κ2) is 3.88. The van der Waals surface area contributed by atoms with Gasteiger partial charge in [0.1, 0.15) is 11.8 Å². The minimum Gasteiger partial charge on any atom is -0.481 e. The molecule has 16 heavy (non-hydrogen) atoms. The van der Waals surface area contributed by atoms with Crippen molar-refractivity contribution in [2.24, 2.45) is 23.7 Å². The minimum atomic E-state index is -1.16. The maximum Gasteiger partial charge on any atom is 0.314 e. The topological polar surface area (TPSA) is 91.7 Å². The molecular formula is C11H14O5. The molecule has 2 saturated carbocycles. The number of aliphatic carboxylic acids is 2. The average Bonchev–Trinajstić information content (AvgIpc) is 2.49. The Hall–Kier alpha value is -1.39. The highest BCUT2D eigenvalue weighted by Gasteiger charge is 2.56. The number of rotatable bonds is 2. The van der Waals surface area contributed by atoms with Gasteiger partial charge in [-0.2, -0.15) is 0 Å². The van der Waals surface area contributed by atoms with E-state index in [1.54, 1.807) is 0 Å². The van der Waals surface area contributed by atoms with Crippen molar-refractivity contribution >= 4 is 17.7 Å². The largest absolute Gasteiger partial charge is 0.481 e. The number of fused-ring (bicyclic) bond motifs is 1. The van der Waals surface area contributed by atoms with Crippen LogP contribution in [0.4, 0.5) is 0 Å². The fourth-order valence-corrected chi connectivity index (χ4v) is 3.24. The van der Waals surface area contributed by atoms with Crippen molar-refractivity contribution in [1.29, 1.82) is 0 Å². The molecule has 2 aliphatic rings. The lowest BCUT2D eigenvalue weighted by Crippen LogP contribution is -2.28. The maximum atomic E-state index is 11.8. The van der Waals surface area contributed by atoms with Gasteiger partial charge in [-0.15, -0.1) is 0 Å². The van der Waals surface area contributed by atoms with Gasteiger partial charge >= 0.3 is 11.9 Å². The molecule has 2 aliphatic carbocycles. The van der Waals surface area contributed by atoms with Gasteiger partial charge in [0, 0.05) is 0 Å². The molecule has 0 aromatic carbocycles. The smallest absolute Gasteiger partial charge is 0.314 e. The van der Waals surface area contributed by atoms with Gasteiger partial charge in [0.05, 0.1) is 0 Å². The molecule has 0 spiro atoms. The Morgan fingerprint density at radius 2 is 1.31 bits per heavy atom. The van der Waals surface area contributed by atoms with E-state index >= 15 is 0 Å². The molecule has 2 N–H and O–H groups in total. The van der Waals surface area contributed by atoms with Crippen molar-refractivity contribution in [1.82, 2.24) is 0 Å². The van der Waals surface area contributed by atoms with Crippen LogP contribution in [0.25, 0.3) is 0 Å². The molecule has 4 unspecified atom stereocenters. The van der Waals surface area contributed by atoms with E-state index in [1.165, 1.54) is 0 Å². The van der Waals surface area contributed by atoms with Gasteiger partial charge in [0.25, 0.3) is 0 Å². The van der Waals surface area contributed by atoms with Gasteiger partial charge in [-0.05, 0) is 24.7 Å². The van der Waals surface area contributed by atoms with E-state index in [-0.39, 0.29) is 11.8 Å². The molecule has 0 radical (unpaired) electrons. The lowest BCUT2D eigenvalue weighted by atomic mass is 9.76. The molecule has 2 rings (SSSR count). The quantitative estimate of drug-likeness (QED) is 0.679. The zero-order valence-electron chi connectivity index (χ0n) is 8.76. The van der Waals surface area contributed by atoms with Crippen LogP contribution >= 0.6 is 0 Å². The Balaban J connectivity index is 2.33. The van der Waals surface area contributed by atoms with Crippen LogP contribution in [0.3, 0.4) is 0 Å². The van der Waals surface area contributed by atoms with Crippen LogP contribution in [0.5, 0.6) is 0 Å². The SMILES string of the molecule is O=C(O)C1C(=O)C(C(=O)O)C2CCCCC12. The van der Waals surface area contributed by atoms with Crippen LogP contribution in [0, 0.1) is 23.7 Å². The van der Waals surface area contributed by atoms with Gasteiger partial charge < -0.3 is 10.2 Å². The van der Waals surface area contributed by atoms with Crippen LogP contribution in [-0.2, 0) is 14.4 Å². The zero-order chi connectivity index (χ0) is 11.9. The monoisotopic (exact) mass is 226 g/mol. The fourth-order valence-electron chi connectivity index (χ4n) is 3.24.